The maximum absolute atomic E-state index is 5.63. The molecule has 4 nitrogen and oxygen atoms in total. The van der Waals surface area contributed by atoms with E-state index in [1.54, 1.807) is 12.4 Å². The molecule has 1 fully saturated rings. The van der Waals surface area contributed by atoms with Crippen LogP contribution in [-0.4, -0.2) is 23.7 Å². The molecular weight excluding hydrogens is 178 g/mol. The topological polar surface area (TPSA) is 60.2 Å². The van der Waals surface area contributed by atoms with Crippen molar-refractivity contribution in [3.05, 3.63) is 18.5 Å². The van der Waals surface area contributed by atoms with Crippen molar-refractivity contribution in [3.63, 3.8) is 0 Å². The van der Waals surface area contributed by atoms with Crippen LogP contribution >= 0.6 is 0 Å². The van der Waals surface area contributed by atoms with Crippen LogP contribution in [0.1, 0.15) is 13.3 Å². The summed E-state index contributed by atoms with van der Waals surface area (Å²) in [6.45, 7) is 2.90. The molecule has 1 saturated heterocycles. The summed E-state index contributed by atoms with van der Waals surface area (Å²) in [6.07, 6.45) is 4.72. The SMILES string of the molecule is CC1OCCC1Nc1cncc(N)c1. The van der Waals surface area contributed by atoms with Gasteiger partial charge >= 0.3 is 0 Å². The van der Waals surface area contributed by atoms with Gasteiger partial charge in [0.15, 0.2) is 0 Å². The monoisotopic (exact) mass is 193 g/mol. The van der Waals surface area contributed by atoms with Gasteiger partial charge in [-0.1, -0.05) is 0 Å². The number of ether oxygens (including phenoxy) is 1. The smallest absolute Gasteiger partial charge is 0.0748 e. The molecule has 2 rings (SSSR count). The van der Waals surface area contributed by atoms with Crippen LogP contribution in [0.2, 0.25) is 0 Å². The predicted molar refractivity (Wildman–Crippen MR) is 56.1 cm³/mol. The van der Waals surface area contributed by atoms with Crippen molar-refractivity contribution in [2.24, 2.45) is 0 Å². The number of rotatable bonds is 2. The molecule has 4 heteroatoms. The molecule has 76 valence electrons. The molecule has 3 N–H and O–H groups in total. The Hall–Kier alpha value is -1.29. The van der Waals surface area contributed by atoms with Gasteiger partial charge in [0, 0.05) is 12.8 Å². The standard InChI is InChI=1S/C10H15N3O/c1-7-10(2-3-14-7)13-9-4-8(11)5-12-6-9/h4-7,10,13H,2-3,11H2,1H3. The molecule has 1 aliphatic rings. The largest absolute Gasteiger partial charge is 0.397 e. The van der Waals surface area contributed by atoms with Crippen LogP contribution < -0.4 is 11.1 Å². The van der Waals surface area contributed by atoms with Crippen molar-refractivity contribution in [1.82, 2.24) is 4.98 Å². The minimum Gasteiger partial charge on any atom is -0.397 e. The van der Waals surface area contributed by atoms with Crippen molar-refractivity contribution in [2.45, 2.75) is 25.5 Å². The van der Waals surface area contributed by atoms with Gasteiger partial charge < -0.3 is 15.8 Å². The number of nitrogens with zero attached hydrogens (tertiary/aromatic N) is 1. The maximum atomic E-state index is 5.63. The van der Waals surface area contributed by atoms with E-state index in [1.807, 2.05) is 6.07 Å². The lowest BCUT2D eigenvalue weighted by Crippen LogP contribution is -2.26. The molecule has 0 radical (unpaired) electrons. The minimum absolute atomic E-state index is 0.261. The van der Waals surface area contributed by atoms with Crippen molar-refractivity contribution >= 4 is 11.4 Å². The molecule has 0 aliphatic carbocycles. The van der Waals surface area contributed by atoms with Crippen LogP contribution in [0.5, 0.6) is 0 Å². The Morgan fingerprint density at radius 1 is 1.57 bits per heavy atom. The normalized spacial score (nSPS) is 26.4. The Bertz CT molecular complexity index is 316. The zero-order chi connectivity index (χ0) is 9.97. The fourth-order valence-electron chi connectivity index (χ4n) is 1.67. The lowest BCUT2D eigenvalue weighted by Gasteiger charge is -2.17. The van der Waals surface area contributed by atoms with Gasteiger partial charge in [0.1, 0.15) is 0 Å². The Kier molecular flexibility index (Phi) is 2.54. The summed E-state index contributed by atoms with van der Waals surface area (Å²) in [4.78, 5) is 4.02. The third kappa shape index (κ3) is 1.96. The maximum Gasteiger partial charge on any atom is 0.0748 e. The van der Waals surface area contributed by atoms with Gasteiger partial charge in [-0.3, -0.25) is 4.98 Å². The summed E-state index contributed by atoms with van der Waals surface area (Å²) >= 11 is 0. The fourth-order valence-corrected chi connectivity index (χ4v) is 1.67. The summed E-state index contributed by atoms with van der Waals surface area (Å²) in [6, 6.07) is 2.26. The average Bonchev–Trinajstić information content (AvgIpc) is 2.52. The van der Waals surface area contributed by atoms with Gasteiger partial charge in [-0.15, -0.1) is 0 Å². The summed E-state index contributed by atoms with van der Waals surface area (Å²) in [5.74, 6) is 0. The highest BCUT2D eigenvalue weighted by Gasteiger charge is 2.23. The molecule has 1 aliphatic heterocycles. The van der Waals surface area contributed by atoms with Crippen LogP contribution in [-0.2, 0) is 4.74 Å². The van der Waals surface area contributed by atoms with E-state index >= 15 is 0 Å². The van der Waals surface area contributed by atoms with Crippen molar-refractivity contribution in [1.29, 1.82) is 0 Å². The number of aromatic nitrogens is 1. The summed E-state index contributed by atoms with van der Waals surface area (Å²) in [5, 5.41) is 3.36. The van der Waals surface area contributed by atoms with E-state index in [2.05, 4.69) is 17.2 Å². The Morgan fingerprint density at radius 2 is 2.43 bits per heavy atom. The summed E-state index contributed by atoms with van der Waals surface area (Å²) < 4.78 is 5.45. The van der Waals surface area contributed by atoms with E-state index in [0.29, 0.717) is 11.7 Å². The van der Waals surface area contributed by atoms with Gasteiger partial charge in [0.25, 0.3) is 0 Å². The van der Waals surface area contributed by atoms with Crippen LogP contribution in [0.25, 0.3) is 0 Å². The van der Waals surface area contributed by atoms with Crippen LogP contribution in [0.3, 0.4) is 0 Å². The van der Waals surface area contributed by atoms with E-state index in [1.165, 1.54) is 0 Å². The van der Waals surface area contributed by atoms with E-state index in [9.17, 15) is 0 Å². The molecule has 2 atom stereocenters. The number of pyridine rings is 1. The highest BCUT2D eigenvalue weighted by atomic mass is 16.5. The Balaban J connectivity index is 2.03. The second-order valence-electron chi connectivity index (χ2n) is 3.62. The molecule has 0 aromatic carbocycles. The fraction of sp³-hybridized carbons (Fsp3) is 0.500. The predicted octanol–water partition coefficient (Wildman–Crippen LogP) is 1.25. The summed E-state index contributed by atoms with van der Waals surface area (Å²) in [7, 11) is 0. The molecule has 1 aromatic heterocycles. The van der Waals surface area contributed by atoms with Crippen molar-refractivity contribution in [3.8, 4) is 0 Å². The first-order valence-corrected chi connectivity index (χ1v) is 4.84. The first-order valence-electron chi connectivity index (χ1n) is 4.84. The van der Waals surface area contributed by atoms with Crippen molar-refractivity contribution in [2.75, 3.05) is 17.7 Å². The molecule has 0 saturated carbocycles. The molecule has 14 heavy (non-hydrogen) atoms. The minimum atomic E-state index is 0.261. The third-order valence-electron chi connectivity index (χ3n) is 2.49. The van der Waals surface area contributed by atoms with E-state index in [-0.39, 0.29) is 6.10 Å². The lowest BCUT2D eigenvalue weighted by atomic mass is 10.1. The average molecular weight is 193 g/mol. The third-order valence-corrected chi connectivity index (χ3v) is 2.49. The first kappa shape index (κ1) is 9.27. The Morgan fingerprint density at radius 3 is 3.07 bits per heavy atom. The van der Waals surface area contributed by atoms with Gasteiger partial charge in [-0.25, -0.2) is 0 Å². The van der Waals surface area contributed by atoms with Gasteiger partial charge in [-0.2, -0.15) is 0 Å². The number of hydrogen-bond donors (Lipinski definition) is 2. The number of hydrogen-bond acceptors (Lipinski definition) is 4. The lowest BCUT2D eigenvalue weighted by molar-refractivity contribution is 0.121. The van der Waals surface area contributed by atoms with E-state index in [4.69, 9.17) is 10.5 Å². The number of anilines is 2. The molecule has 1 aromatic rings. The van der Waals surface area contributed by atoms with Crippen LogP contribution in [0, 0.1) is 0 Å². The Labute approximate surface area is 83.5 Å². The molecule has 0 spiro atoms. The molecule has 0 amide bonds. The molecular formula is C10H15N3O. The quantitative estimate of drug-likeness (QED) is 0.742. The first-order chi connectivity index (χ1) is 6.75. The summed E-state index contributed by atoms with van der Waals surface area (Å²) in [5.41, 5.74) is 7.28. The highest BCUT2D eigenvalue weighted by Crippen LogP contribution is 2.19. The number of nitrogens with two attached hydrogens (primary N) is 1. The zero-order valence-electron chi connectivity index (χ0n) is 8.23. The number of nitrogen functional groups attached to an aromatic ring is 1. The molecule has 0 bridgehead atoms. The van der Waals surface area contributed by atoms with Gasteiger partial charge in [-0.05, 0) is 19.4 Å². The van der Waals surface area contributed by atoms with Crippen LogP contribution in [0.15, 0.2) is 18.5 Å². The van der Waals surface area contributed by atoms with Crippen LogP contribution in [0.4, 0.5) is 11.4 Å². The van der Waals surface area contributed by atoms with Gasteiger partial charge in [0.2, 0.25) is 0 Å². The number of nitrogens with one attached hydrogen (secondary N) is 1. The second kappa shape index (κ2) is 3.84. The van der Waals surface area contributed by atoms with Gasteiger partial charge in [0.05, 0.1) is 29.7 Å². The zero-order valence-corrected chi connectivity index (χ0v) is 8.23. The van der Waals surface area contributed by atoms with E-state index < -0.39 is 0 Å². The van der Waals surface area contributed by atoms with Crippen molar-refractivity contribution < 1.29 is 4.74 Å². The van der Waals surface area contributed by atoms with E-state index in [0.717, 1.165) is 18.7 Å². The molecule has 2 unspecified atom stereocenters. The highest BCUT2D eigenvalue weighted by molar-refractivity contribution is 5.51. The molecule has 2 heterocycles. The second-order valence-corrected chi connectivity index (χ2v) is 3.62.